The third kappa shape index (κ3) is 9.28. The van der Waals surface area contributed by atoms with Crippen LogP contribution < -0.4 is 14.5 Å². The van der Waals surface area contributed by atoms with Crippen molar-refractivity contribution in [3.63, 3.8) is 0 Å². The second kappa shape index (κ2) is 21.2. The van der Waals surface area contributed by atoms with Gasteiger partial charge in [0.05, 0.1) is 33.5 Å². The first kappa shape index (κ1) is 57.9. The van der Waals surface area contributed by atoms with Gasteiger partial charge in [-0.2, -0.15) is 0 Å². The molecule has 1 aliphatic heterocycles. The highest BCUT2D eigenvalue weighted by atomic mass is 16.5. The molecular weight excluding hydrogens is 1130 g/mol. The van der Waals surface area contributed by atoms with E-state index in [-0.39, 0.29) is 21.7 Å². The molecule has 0 fully saturated rings. The monoisotopic (exact) mass is 1210 g/mol. The van der Waals surface area contributed by atoms with Gasteiger partial charge in [0.25, 0.3) is 0 Å². The van der Waals surface area contributed by atoms with Gasteiger partial charge in [0.1, 0.15) is 24.0 Å². The molecule has 1 spiro atoms. The van der Waals surface area contributed by atoms with Crippen molar-refractivity contribution in [1.29, 1.82) is 0 Å². The average molecular weight is 1210 g/mol. The van der Waals surface area contributed by atoms with Gasteiger partial charge in [-0.15, -0.1) is 0 Å². The highest BCUT2D eigenvalue weighted by Gasteiger charge is 2.53. The number of hydrogen-bond donors (Lipinski definition) is 0. The number of aromatic nitrogens is 2. The number of ether oxygens (including phenoxy) is 1. The zero-order valence-electron chi connectivity index (χ0n) is 55.2. The van der Waals surface area contributed by atoms with E-state index in [4.69, 9.17) is 9.72 Å². The maximum Gasteiger partial charge on any atom is 0.137 e. The summed E-state index contributed by atoms with van der Waals surface area (Å²) in [7, 11) is 0. The van der Waals surface area contributed by atoms with Crippen LogP contribution in [0.1, 0.15) is 126 Å². The minimum Gasteiger partial charge on any atom is -0.457 e. The molecular formula is C88H78N4O. The lowest BCUT2D eigenvalue weighted by atomic mass is 9.55. The van der Waals surface area contributed by atoms with Gasteiger partial charge in [-0.3, -0.25) is 4.57 Å². The van der Waals surface area contributed by atoms with Crippen molar-refractivity contribution in [3.8, 4) is 61.8 Å². The molecule has 456 valence electrons. The number of pyridine rings is 1. The van der Waals surface area contributed by atoms with Gasteiger partial charge in [-0.05, 0) is 155 Å². The lowest BCUT2D eigenvalue weighted by Gasteiger charge is -2.46. The van der Waals surface area contributed by atoms with Crippen LogP contribution >= 0.6 is 0 Å². The molecule has 13 aromatic rings. The van der Waals surface area contributed by atoms with Crippen LogP contribution in [0.4, 0.5) is 22.7 Å². The molecule has 5 nitrogen and oxygen atoms in total. The zero-order chi connectivity index (χ0) is 63.9. The summed E-state index contributed by atoms with van der Waals surface area (Å²) in [4.78, 5) is 10.1. The summed E-state index contributed by atoms with van der Waals surface area (Å²) >= 11 is 0. The minimum absolute atomic E-state index is 0.0826. The van der Waals surface area contributed by atoms with Crippen LogP contribution in [0.5, 0.6) is 11.5 Å². The van der Waals surface area contributed by atoms with Crippen LogP contribution in [0, 0.1) is 0 Å². The van der Waals surface area contributed by atoms with Crippen molar-refractivity contribution in [2.24, 2.45) is 0 Å². The summed E-state index contributed by atoms with van der Waals surface area (Å²) < 4.78 is 9.26. The molecule has 0 radical (unpaired) electrons. The molecule has 0 saturated heterocycles. The molecule has 0 unspecified atom stereocenters. The summed E-state index contributed by atoms with van der Waals surface area (Å²) in [6.45, 7) is 26.1. The van der Waals surface area contributed by atoms with Gasteiger partial charge in [0.2, 0.25) is 0 Å². The summed E-state index contributed by atoms with van der Waals surface area (Å²) in [5, 5.41) is 2.31. The number of anilines is 4. The van der Waals surface area contributed by atoms with Crippen LogP contribution in [-0.4, -0.2) is 16.2 Å². The van der Waals surface area contributed by atoms with Crippen molar-refractivity contribution in [2.75, 3.05) is 16.5 Å². The highest BCUT2D eigenvalue weighted by molar-refractivity contribution is 6.09. The third-order valence-electron chi connectivity index (χ3n) is 20.5. The van der Waals surface area contributed by atoms with Crippen LogP contribution in [0.15, 0.2) is 261 Å². The van der Waals surface area contributed by atoms with E-state index in [2.05, 4.69) is 345 Å². The van der Waals surface area contributed by atoms with E-state index in [1.807, 2.05) is 6.20 Å². The van der Waals surface area contributed by atoms with Crippen LogP contribution in [0.25, 0.3) is 72.1 Å². The Morgan fingerprint density at radius 2 is 0.903 bits per heavy atom. The molecule has 0 amide bonds. The number of nitrogens with zero attached hydrogens (tertiary/aromatic N) is 4. The van der Waals surface area contributed by atoms with E-state index < -0.39 is 5.41 Å². The van der Waals surface area contributed by atoms with E-state index in [0.717, 1.165) is 61.9 Å². The van der Waals surface area contributed by atoms with E-state index in [1.165, 1.54) is 94.5 Å². The topological polar surface area (TPSA) is 33.5 Å². The van der Waals surface area contributed by atoms with Crippen LogP contribution in [-0.2, 0) is 27.1 Å². The number of benzene rings is 11. The van der Waals surface area contributed by atoms with Crippen molar-refractivity contribution < 1.29 is 4.74 Å². The first-order valence-electron chi connectivity index (χ1n) is 33.0. The van der Waals surface area contributed by atoms with Gasteiger partial charge < -0.3 is 14.5 Å². The van der Waals surface area contributed by atoms with Gasteiger partial charge in [-0.25, -0.2) is 4.98 Å². The fourth-order valence-corrected chi connectivity index (χ4v) is 15.6. The lowest BCUT2D eigenvalue weighted by Crippen LogP contribution is -2.40. The molecule has 2 aromatic heterocycles. The van der Waals surface area contributed by atoms with E-state index >= 15 is 0 Å². The molecule has 0 N–H and O–H groups in total. The van der Waals surface area contributed by atoms with Gasteiger partial charge in [-0.1, -0.05) is 258 Å². The Balaban J connectivity index is 0.807. The fourth-order valence-electron chi connectivity index (χ4n) is 15.6. The fraction of sp³-hybridized carbons (Fsp3) is 0.193. The quantitative estimate of drug-likeness (QED) is 0.152. The Bertz CT molecular complexity index is 5060. The smallest absolute Gasteiger partial charge is 0.137 e. The second-order valence-electron chi connectivity index (χ2n) is 29.6. The Morgan fingerprint density at radius 1 is 0.366 bits per heavy atom. The number of fused-ring (bicyclic) bond motifs is 13. The maximum atomic E-state index is 6.99. The summed E-state index contributed by atoms with van der Waals surface area (Å²) in [6.07, 6.45) is 2.00. The predicted octanol–water partition coefficient (Wildman–Crippen LogP) is 23.1. The van der Waals surface area contributed by atoms with Gasteiger partial charge in [0, 0.05) is 56.9 Å². The zero-order valence-corrected chi connectivity index (χ0v) is 55.2. The molecule has 0 atom stereocenters. The molecule has 3 aliphatic rings. The van der Waals surface area contributed by atoms with Crippen molar-refractivity contribution in [3.05, 3.63) is 311 Å². The van der Waals surface area contributed by atoms with Crippen LogP contribution in [0.2, 0.25) is 0 Å². The Morgan fingerprint density at radius 3 is 1.57 bits per heavy atom. The minimum atomic E-state index is -0.487. The maximum absolute atomic E-state index is 6.99. The molecule has 2 aliphatic carbocycles. The molecule has 0 bridgehead atoms. The first-order valence-corrected chi connectivity index (χ1v) is 33.0. The second-order valence-corrected chi connectivity index (χ2v) is 29.6. The molecule has 3 heterocycles. The SMILES string of the molecule is CC(C)(C)c1ccc(-c2ccc(-n3c4ccccc4c4ccc(Oc5cccc(N6CN(c7c(-c8cc(C(C)(C)C)cc(C(C)(C)C)c8)cccc7-c7ccc8c(c7)-c7ccccc7C87c8ccccc8C(C)(C)c8ccccc87)c7ccccc76)c5)cc43)nc2)cc1. The lowest BCUT2D eigenvalue weighted by molar-refractivity contribution is 0.483. The van der Waals surface area contributed by atoms with Crippen molar-refractivity contribution >= 4 is 44.6 Å². The Labute approximate surface area is 548 Å². The normalized spacial score (nSPS) is 14.5. The Hall–Kier alpha value is -10.2. The predicted molar refractivity (Wildman–Crippen MR) is 389 cm³/mol. The summed E-state index contributed by atoms with van der Waals surface area (Å²) in [6, 6.07) is 95.2. The molecule has 16 rings (SSSR count). The third-order valence-corrected chi connectivity index (χ3v) is 20.5. The summed E-state index contributed by atoms with van der Waals surface area (Å²) in [5.41, 5.74) is 27.5. The molecule has 11 aromatic carbocycles. The average Bonchev–Trinajstić information content (AvgIpc) is 1.59. The Kier molecular flexibility index (Phi) is 13.2. The number of hydrogen-bond acceptors (Lipinski definition) is 4. The molecule has 93 heavy (non-hydrogen) atoms. The summed E-state index contributed by atoms with van der Waals surface area (Å²) in [5.74, 6) is 2.35. The van der Waals surface area contributed by atoms with E-state index in [9.17, 15) is 0 Å². The van der Waals surface area contributed by atoms with E-state index in [0.29, 0.717) is 6.67 Å². The van der Waals surface area contributed by atoms with E-state index in [1.54, 1.807) is 0 Å². The molecule has 0 saturated carbocycles. The van der Waals surface area contributed by atoms with Gasteiger partial charge in [0.15, 0.2) is 0 Å². The number of rotatable bonds is 8. The van der Waals surface area contributed by atoms with Crippen molar-refractivity contribution in [1.82, 2.24) is 9.55 Å². The first-order chi connectivity index (χ1) is 44.7. The van der Waals surface area contributed by atoms with Gasteiger partial charge >= 0.3 is 0 Å². The van der Waals surface area contributed by atoms with Crippen molar-refractivity contribution in [2.45, 2.75) is 103 Å². The largest absolute Gasteiger partial charge is 0.457 e. The number of para-hydroxylation sites is 4. The standard InChI is InChI=1S/C88H78N4O/c1-84(2,3)60-42-38-56(39-43-60)58-41-47-82(89-54-58)92-78-35-19-13-27-69(78)70-45-44-65(53-81(70)92)93-64-25-22-24-63(52-64)90-55-91(80-37-21-20-36-79(80)90)83-66(28-23-29-67(83)59-48-61(85(4,5)6)51-62(49-59)86(7,8)9)57-40-46-73-71(50-57)68-26-12-14-30-72(68)88(73)76-33-17-15-31-74(76)87(10,11)75-32-16-18-34-77(75)88/h12-54H,55H2,1-11H3. The van der Waals surface area contributed by atoms with Crippen LogP contribution in [0.3, 0.4) is 0 Å². The highest BCUT2D eigenvalue weighted by Crippen LogP contribution is 2.63. The molecule has 5 heteroatoms.